The summed E-state index contributed by atoms with van der Waals surface area (Å²) in [5.41, 5.74) is 1.79. The van der Waals surface area contributed by atoms with E-state index in [4.69, 9.17) is 13.9 Å². The standard InChI is InChI=1S/C21H14BrNO4/c1-25-16-4-2-3-14(11-16)20-23-18(21(24)27-20)12-17-9-10-19(26-17)13-5-7-15(22)8-6-13/h2-12H,1H3/b18-12+. The van der Waals surface area contributed by atoms with Crippen LogP contribution in [0.15, 0.2) is 80.2 Å². The number of aliphatic imine (C=N–C) groups is 1. The van der Waals surface area contributed by atoms with Crippen LogP contribution in [0.4, 0.5) is 0 Å². The van der Waals surface area contributed by atoms with Crippen molar-refractivity contribution in [2.45, 2.75) is 0 Å². The number of furan rings is 1. The minimum atomic E-state index is -0.519. The third-order valence-electron chi connectivity index (χ3n) is 3.97. The van der Waals surface area contributed by atoms with E-state index in [-0.39, 0.29) is 11.6 Å². The second kappa shape index (κ2) is 7.25. The van der Waals surface area contributed by atoms with Gasteiger partial charge in [0.2, 0.25) is 5.90 Å². The number of ether oxygens (including phenoxy) is 2. The molecular weight excluding hydrogens is 410 g/mol. The fourth-order valence-corrected chi connectivity index (χ4v) is 2.89. The number of hydrogen-bond donors (Lipinski definition) is 0. The lowest BCUT2D eigenvalue weighted by atomic mass is 10.2. The Balaban J connectivity index is 1.61. The molecule has 1 aliphatic heterocycles. The van der Waals surface area contributed by atoms with Gasteiger partial charge >= 0.3 is 5.97 Å². The molecule has 134 valence electrons. The Morgan fingerprint density at radius 2 is 1.85 bits per heavy atom. The third kappa shape index (κ3) is 3.71. The van der Waals surface area contributed by atoms with Gasteiger partial charge in [-0.15, -0.1) is 0 Å². The van der Waals surface area contributed by atoms with Crippen LogP contribution in [0.25, 0.3) is 17.4 Å². The first-order valence-corrected chi connectivity index (χ1v) is 8.94. The number of methoxy groups -OCH3 is 1. The first-order valence-electron chi connectivity index (χ1n) is 8.15. The van der Waals surface area contributed by atoms with E-state index in [1.165, 1.54) is 0 Å². The normalized spacial score (nSPS) is 15.0. The lowest BCUT2D eigenvalue weighted by Gasteiger charge is -2.02. The van der Waals surface area contributed by atoms with Crippen molar-refractivity contribution in [3.8, 4) is 17.1 Å². The van der Waals surface area contributed by atoms with Crippen molar-refractivity contribution < 1.29 is 18.7 Å². The van der Waals surface area contributed by atoms with Crippen LogP contribution in [0.3, 0.4) is 0 Å². The molecule has 0 fully saturated rings. The number of benzene rings is 2. The van der Waals surface area contributed by atoms with Crippen molar-refractivity contribution >= 4 is 33.9 Å². The minimum absolute atomic E-state index is 0.185. The second-order valence-electron chi connectivity index (χ2n) is 5.78. The summed E-state index contributed by atoms with van der Waals surface area (Å²) in [5.74, 6) is 1.61. The first-order chi connectivity index (χ1) is 13.1. The van der Waals surface area contributed by atoms with Gasteiger partial charge < -0.3 is 13.9 Å². The average molecular weight is 424 g/mol. The van der Waals surface area contributed by atoms with Crippen LogP contribution in [-0.4, -0.2) is 19.0 Å². The number of hydrogen-bond acceptors (Lipinski definition) is 5. The Morgan fingerprint density at radius 1 is 1.04 bits per heavy atom. The molecular formula is C21H14BrNO4. The summed E-state index contributed by atoms with van der Waals surface area (Å²) in [6.45, 7) is 0. The molecule has 2 heterocycles. The van der Waals surface area contributed by atoms with Crippen LogP contribution in [0.5, 0.6) is 5.75 Å². The predicted molar refractivity (Wildman–Crippen MR) is 105 cm³/mol. The van der Waals surface area contributed by atoms with E-state index in [1.807, 2.05) is 42.5 Å². The minimum Gasteiger partial charge on any atom is -0.497 e. The highest BCUT2D eigenvalue weighted by Crippen LogP contribution is 2.26. The second-order valence-corrected chi connectivity index (χ2v) is 6.69. The molecule has 0 bridgehead atoms. The Morgan fingerprint density at radius 3 is 2.63 bits per heavy atom. The molecule has 0 atom stereocenters. The molecule has 0 spiro atoms. The molecule has 0 saturated heterocycles. The highest BCUT2D eigenvalue weighted by molar-refractivity contribution is 9.10. The van der Waals surface area contributed by atoms with Gasteiger partial charge in [0.05, 0.1) is 7.11 Å². The number of rotatable bonds is 4. The Bertz CT molecular complexity index is 1060. The molecule has 0 unspecified atom stereocenters. The Hall–Kier alpha value is -3.12. The summed E-state index contributed by atoms with van der Waals surface area (Å²) in [6.07, 6.45) is 1.57. The van der Waals surface area contributed by atoms with Crippen LogP contribution in [0.2, 0.25) is 0 Å². The van der Waals surface area contributed by atoms with Crippen molar-refractivity contribution in [3.05, 3.63) is 82.2 Å². The number of halogens is 1. The summed E-state index contributed by atoms with van der Waals surface area (Å²) in [4.78, 5) is 16.4. The maximum absolute atomic E-state index is 12.1. The zero-order valence-corrected chi connectivity index (χ0v) is 15.9. The molecule has 0 saturated carbocycles. The van der Waals surface area contributed by atoms with Gasteiger partial charge in [-0.2, -0.15) is 0 Å². The molecule has 4 rings (SSSR count). The van der Waals surface area contributed by atoms with Gasteiger partial charge in [0.25, 0.3) is 0 Å². The van der Waals surface area contributed by atoms with Gasteiger partial charge in [-0.1, -0.05) is 34.1 Å². The molecule has 5 nitrogen and oxygen atoms in total. The van der Waals surface area contributed by atoms with Crippen molar-refractivity contribution in [2.24, 2.45) is 4.99 Å². The van der Waals surface area contributed by atoms with Crippen LogP contribution < -0.4 is 4.74 Å². The van der Waals surface area contributed by atoms with Gasteiger partial charge in [-0.05, 0) is 42.5 Å². The topological polar surface area (TPSA) is 61.0 Å². The highest BCUT2D eigenvalue weighted by Gasteiger charge is 2.25. The number of carbonyl (C=O) groups excluding carboxylic acids is 1. The lowest BCUT2D eigenvalue weighted by Crippen LogP contribution is -2.05. The smallest absolute Gasteiger partial charge is 0.363 e. The van der Waals surface area contributed by atoms with Gasteiger partial charge in [-0.25, -0.2) is 9.79 Å². The molecule has 2 aromatic carbocycles. The summed E-state index contributed by atoms with van der Waals surface area (Å²) in [6, 6.07) is 18.6. The van der Waals surface area contributed by atoms with Gasteiger partial charge in [-0.3, -0.25) is 0 Å². The maximum Gasteiger partial charge on any atom is 0.363 e. The molecule has 0 N–H and O–H groups in total. The SMILES string of the molecule is COc1cccc(C2=N/C(=C/c3ccc(-c4ccc(Br)cc4)o3)C(=O)O2)c1. The quantitative estimate of drug-likeness (QED) is 0.434. The Kier molecular flexibility index (Phi) is 4.64. The fraction of sp³-hybridized carbons (Fsp3) is 0.0476. The molecule has 0 radical (unpaired) electrons. The maximum atomic E-state index is 12.1. The van der Waals surface area contributed by atoms with E-state index in [2.05, 4.69) is 20.9 Å². The molecule has 0 aliphatic carbocycles. The predicted octanol–water partition coefficient (Wildman–Crippen LogP) is 5.06. The van der Waals surface area contributed by atoms with Crippen molar-refractivity contribution in [3.63, 3.8) is 0 Å². The van der Waals surface area contributed by atoms with E-state index in [9.17, 15) is 4.79 Å². The van der Waals surface area contributed by atoms with E-state index in [1.54, 1.807) is 31.4 Å². The van der Waals surface area contributed by atoms with Crippen molar-refractivity contribution in [2.75, 3.05) is 7.11 Å². The van der Waals surface area contributed by atoms with E-state index >= 15 is 0 Å². The van der Waals surface area contributed by atoms with Crippen molar-refractivity contribution in [1.29, 1.82) is 0 Å². The van der Waals surface area contributed by atoms with Gasteiger partial charge in [0.1, 0.15) is 17.3 Å². The number of carbonyl (C=O) groups is 1. The largest absolute Gasteiger partial charge is 0.497 e. The first kappa shape index (κ1) is 17.3. The summed E-state index contributed by atoms with van der Waals surface area (Å²) < 4.78 is 17.3. The molecule has 1 aliphatic rings. The summed E-state index contributed by atoms with van der Waals surface area (Å²) in [7, 11) is 1.58. The molecule has 0 amide bonds. The number of cyclic esters (lactones) is 1. The Labute approximate surface area is 164 Å². The molecule has 3 aromatic rings. The van der Waals surface area contributed by atoms with Gasteiger partial charge in [0, 0.05) is 21.7 Å². The summed E-state index contributed by atoms with van der Waals surface area (Å²) >= 11 is 3.41. The van der Waals surface area contributed by atoms with Crippen LogP contribution in [-0.2, 0) is 9.53 Å². The third-order valence-corrected chi connectivity index (χ3v) is 4.50. The van der Waals surface area contributed by atoms with E-state index in [0.29, 0.717) is 22.8 Å². The monoisotopic (exact) mass is 423 g/mol. The van der Waals surface area contributed by atoms with E-state index in [0.717, 1.165) is 10.0 Å². The van der Waals surface area contributed by atoms with Crippen LogP contribution >= 0.6 is 15.9 Å². The molecule has 6 heteroatoms. The van der Waals surface area contributed by atoms with E-state index < -0.39 is 5.97 Å². The zero-order valence-electron chi connectivity index (χ0n) is 14.3. The molecule has 1 aromatic heterocycles. The number of nitrogens with zero attached hydrogens (tertiary/aromatic N) is 1. The fourth-order valence-electron chi connectivity index (χ4n) is 2.62. The zero-order chi connectivity index (χ0) is 18.8. The van der Waals surface area contributed by atoms with Crippen molar-refractivity contribution in [1.82, 2.24) is 0 Å². The van der Waals surface area contributed by atoms with Crippen LogP contribution in [0.1, 0.15) is 11.3 Å². The van der Waals surface area contributed by atoms with Gasteiger partial charge in [0.15, 0.2) is 5.70 Å². The van der Waals surface area contributed by atoms with Crippen LogP contribution in [0, 0.1) is 0 Å². The summed E-state index contributed by atoms with van der Waals surface area (Å²) in [5, 5.41) is 0. The number of esters is 1. The lowest BCUT2D eigenvalue weighted by molar-refractivity contribution is -0.129. The molecule has 27 heavy (non-hydrogen) atoms. The highest BCUT2D eigenvalue weighted by atomic mass is 79.9. The average Bonchev–Trinajstić information content (AvgIpc) is 3.30.